The van der Waals surface area contributed by atoms with Crippen LogP contribution in [0.15, 0.2) is 11.8 Å². The van der Waals surface area contributed by atoms with Gasteiger partial charge in [-0.15, -0.1) is 0 Å². The van der Waals surface area contributed by atoms with E-state index in [0.29, 0.717) is 37.5 Å². The first kappa shape index (κ1) is 26.3. The Bertz CT molecular complexity index is 693. The number of hydrogen-bond acceptors (Lipinski definition) is 6. The number of aliphatic hydroxyl groups excluding tert-OH is 1. The fourth-order valence-electron chi connectivity index (χ4n) is 4.91. The molecule has 0 aromatic rings. The van der Waals surface area contributed by atoms with Gasteiger partial charge < -0.3 is 25.6 Å². The van der Waals surface area contributed by atoms with Crippen molar-refractivity contribution in [3.8, 4) is 0 Å². The van der Waals surface area contributed by atoms with E-state index in [0.717, 1.165) is 25.2 Å². The van der Waals surface area contributed by atoms with Gasteiger partial charge in [-0.3, -0.25) is 10.1 Å². The summed E-state index contributed by atoms with van der Waals surface area (Å²) in [5.74, 6) is -2.75. The molecule has 0 aromatic carbocycles. The van der Waals surface area contributed by atoms with Gasteiger partial charge in [0.1, 0.15) is 0 Å². The Morgan fingerprint density at radius 3 is 2.55 bits per heavy atom. The van der Waals surface area contributed by atoms with Crippen LogP contribution in [-0.4, -0.2) is 66.2 Å². The molecular weight excluding hydrogens is 432 g/mol. The number of carboxylic acid groups (broad SMARTS) is 1. The Hall–Kier alpha value is -1.29. The first-order chi connectivity index (χ1) is 15.5. The number of alkyl halides is 2. The summed E-state index contributed by atoms with van der Waals surface area (Å²) in [4.78, 5) is 11.2. The number of aliphatic hydroxyl groups is 1. The number of rotatable bonds is 10. The molecular formula is C24H41F2N3O4. The second-order valence-corrected chi connectivity index (χ2v) is 10.8. The monoisotopic (exact) mass is 473 g/mol. The van der Waals surface area contributed by atoms with E-state index in [2.05, 4.69) is 22.0 Å². The maximum Gasteiger partial charge on any atom is 0.311 e. The summed E-state index contributed by atoms with van der Waals surface area (Å²) in [5.41, 5.74) is -0.105. The van der Waals surface area contributed by atoms with Gasteiger partial charge in [0.2, 0.25) is 5.92 Å². The van der Waals surface area contributed by atoms with Gasteiger partial charge in [-0.2, -0.15) is 0 Å². The maximum absolute atomic E-state index is 13.4. The van der Waals surface area contributed by atoms with E-state index in [9.17, 15) is 23.8 Å². The van der Waals surface area contributed by atoms with Crippen molar-refractivity contribution in [3.63, 3.8) is 0 Å². The van der Waals surface area contributed by atoms with Crippen molar-refractivity contribution in [2.75, 3.05) is 19.7 Å². The van der Waals surface area contributed by atoms with Crippen LogP contribution in [0.25, 0.3) is 0 Å². The molecule has 2 fully saturated rings. The molecule has 1 saturated heterocycles. The van der Waals surface area contributed by atoms with Gasteiger partial charge in [0.05, 0.1) is 30.4 Å². The molecule has 2 aliphatic heterocycles. The van der Waals surface area contributed by atoms with Crippen molar-refractivity contribution in [2.24, 2.45) is 17.3 Å². The van der Waals surface area contributed by atoms with Crippen molar-refractivity contribution in [1.82, 2.24) is 16.0 Å². The van der Waals surface area contributed by atoms with Crippen LogP contribution in [0.2, 0.25) is 0 Å². The minimum atomic E-state index is -2.49. The van der Waals surface area contributed by atoms with E-state index in [-0.39, 0.29) is 37.8 Å². The van der Waals surface area contributed by atoms with Crippen LogP contribution in [0.3, 0.4) is 0 Å². The third-order valence-corrected chi connectivity index (χ3v) is 7.48. The second-order valence-electron chi connectivity index (χ2n) is 10.8. The number of aliphatic carboxylic acids is 1. The van der Waals surface area contributed by atoms with E-state index in [1.807, 2.05) is 6.92 Å². The fraction of sp³-hybridized carbons (Fsp3) is 0.875. The fourth-order valence-corrected chi connectivity index (χ4v) is 4.91. The maximum atomic E-state index is 13.4. The van der Waals surface area contributed by atoms with Crippen molar-refractivity contribution in [1.29, 1.82) is 0 Å². The molecule has 0 amide bonds. The van der Waals surface area contributed by atoms with Gasteiger partial charge in [0, 0.05) is 43.6 Å². The number of hydrogen-bond donors (Lipinski definition) is 5. The molecule has 1 saturated carbocycles. The van der Waals surface area contributed by atoms with Crippen molar-refractivity contribution in [2.45, 2.75) is 96.1 Å². The quantitative estimate of drug-likeness (QED) is 0.332. The third-order valence-electron chi connectivity index (χ3n) is 7.48. The first-order valence-corrected chi connectivity index (χ1v) is 12.3. The summed E-state index contributed by atoms with van der Waals surface area (Å²) in [6.07, 6.45) is 4.60. The Kier molecular flexibility index (Phi) is 8.75. The lowest BCUT2D eigenvalue weighted by Gasteiger charge is -2.33. The summed E-state index contributed by atoms with van der Waals surface area (Å²) in [6.45, 7) is 6.84. The molecule has 0 spiro atoms. The zero-order chi connectivity index (χ0) is 24.2. The van der Waals surface area contributed by atoms with Gasteiger partial charge in [-0.1, -0.05) is 6.08 Å². The smallest absolute Gasteiger partial charge is 0.311 e. The van der Waals surface area contributed by atoms with Crippen LogP contribution in [0.4, 0.5) is 8.78 Å². The Labute approximate surface area is 195 Å². The summed E-state index contributed by atoms with van der Waals surface area (Å²) >= 11 is 0. The largest absolute Gasteiger partial charge is 0.481 e. The van der Waals surface area contributed by atoms with Crippen LogP contribution in [0.5, 0.6) is 0 Å². The van der Waals surface area contributed by atoms with E-state index < -0.39 is 23.4 Å². The van der Waals surface area contributed by atoms with Crippen LogP contribution in [-0.2, 0) is 9.53 Å². The minimum absolute atomic E-state index is 0.00351. The molecule has 5 unspecified atom stereocenters. The Morgan fingerprint density at radius 1 is 1.24 bits per heavy atom. The highest BCUT2D eigenvalue weighted by atomic mass is 19.3. The predicted molar refractivity (Wildman–Crippen MR) is 122 cm³/mol. The minimum Gasteiger partial charge on any atom is -0.481 e. The van der Waals surface area contributed by atoms with Crippen LogP contribution in [0, 0.1) is 17.3 Å². The Balaban J connectivity index is 1.37. The number of ether oxygens (including phenoxy) is 1. The molecule has 33 heavy (non-hydrogen) atoms. The number of nitrogens with one attached hydrogen (secondary N) is 3. The average molecular weight is 474 g/mol. The highest BCUT2D eigenvalue weighted by molar-refractivity contribution is 5.73. The predicted octanol–water partition coefficient (Wildman–Crippen LogP) is 2.85. The van der Waals surface area contributed by atoms with E-state index in [1.165, 1.54) is 0 Å². The number of carboxylic acids is 1. The number of halogens is 2. The van der Waals surface area contributed by atoms with E-state index in [1.54, 1.807) is 13.8 Å². The Morgan fingerprint density at radius 2 is 1.94 bits per heavy atom. The summed E-state index contributed by atoms with van der Waals surface area (Å²) in [7, 11) is 0. The molecule has 0 bridgehead atoms. The lowest BCUT2D eigenvalue weighted by molar-refractivity contribution is -0.151. The van der Waals surface area contributed by atoms with Crippen LogP contribution >= 0.6 is 0 Å². The second kappa shape index (κ2) is 11.0. The molecule has 5 atom stereocenters. The van der Waals surface area contributed by atoms with Gasteiger partial charge in [-0.05, 0) is 58.8 Å². The number of allylic oxidation sites excluding steroid dienone is 1. The molecule has 9 heteroatoms. The standard InChI is InChI=1S/C24H41F2N3O4/c1-15(33-14-23(2,3)22(31)32)4-7-20(30)18-6-5-17(12-27-18)21-28-13-19(29-21)16-8-10-24(25,26)11-9-16/h6,15-17,19-21,27-30H,4-5,7-14H2,1-3H3,(H,31,32). The highest BCUT2D eigenvalue weighted by Crippen LogP contribution is 2.38. The summed E-state index contributed by atoms with van der Waals surface area (Å²) in [5, 5.41) is 30.3. The van der Waals surface area contributed by atoms with Gasteiger partial charge in [0.25, 0.3) is 0 Å². The summed E-state index contributed by atoms with van der Waals surface area (Å²) in [6, 6.07) is 0.245. The zero-order valence-electron chi connectivity index (χ0n) is 20.1. The lowest BCUT2D eigenvalue weighted by Crippen LogP contribution is -2.48. The molecule has 5 N–H and O–H groups in total. The van der Waals surface area contributed by atoms with E-state index >= 15 is 0 Å². The lowest BCUT2D eigenvalue weighted by atomic mass is 9.82. The molecule has 0 aromatic heterocycles. The SMILES string of the molecule is CC(CCC(O)C1=CCC(C2NCC(C3CCC(F)(F)CC3)N2)CN1)OCC(C)(C)C(=O)O. The highest BCUT2D eigenvalue weighted by Gasteiger charge is 2.41. The van der Waals surface area contributed by atoms with E-state index in [4.69, 9.17) is 4.74 Å². The molecule has 3 aliphatic rings. The van der Waals surface area contributed by atoms with Crippen molar-refractivity contribution < 1.29 is 28.5 Å². The van der Waals surface area contributed by atoms with Crippen molar-refractivity contribution >= 4 is 5.97 Å². The van der Waals surface area contributed by atoms with Crippen molar-refractivity contribution in [3.05, 3.63) is 11.8 Å². The molecule has 7 nitrogen and oxygen atoms in total. The van der Waals surface area contributed by atoms with Gasteiger partial charge in [-0.25, -0.2) is 8.78 Å². The third kappa shape index (κ3) is 7.34. The number of carbonyl (C=O) groups is 1. The zero-order valence-corrected chi connectivity index (χ0v) is 20.1. The summed E-state index contributed by atoms with van der Waals surface area (Å²) < 4.78 is 32.6. The van der Waals surface area contributed by atoms with Crippen LogP contribution < -0.4 is 16.0 Å². The normalized spacial score (nSPS) is 30.4. The van der Waals surface area contributed by atoms with Crippen LogP contribution in [0.1, 0.15) is 65.7 Å². The average Bonchev–Trinajstić information content (AvgIpc) is 3.26. The molecule has 0 radical (unpaired) electrons. The molecule has 2 heterocycles. The topological polar surface area (TPSA) is 103 Å². The molecule has 190 valence electrons. The van der Waals surface area contributed by atoms with Gasteiger partial charge >= 0.3 is 5.97 Å². The first-order valence-electron chi connectivity index (χ1n) is 12.3. The molecule has 1 aliphatic carbocycles. The molecule has 3 rings (SSSR count). The van der Waals surface area contributed by atoms with Gasteiger partial charge in [0.15, 0.2) is 0 Å².